The van der Waals surface area contributed by atoms with Gasteiger partial charge in [0.05, 0.1) is 19.0 Å². The first-order chi connectivity index (χ1) is 13.3. The molecule has 0 aliphatic carbocycles. The van der Waals surface area contributed by atoms with Crippen molar-refractivity contribution < 1.29 is 17.9 Å². The topological polar surface area (TPSA) is 75.7 Å². The summed E-state index contributed by atoms with van der Waals surface area (Å²) in [6.45, 7) is 1.71. The highest BCUT2D eigenvalue weighted by atomic mass is 35.5. The Hall–Kier alpha value is -1.64. The van der Waals surface area contributed by atoms with E-state index in [2.05, 4.69) is 5.32 Å². The highest BCUT2D eigenvalue weighted by molar-refractivity contribution is 7.88. The highest BCUT2D eigenvalue weighted by Crippen LogP contribution is 2.20. The first-order valence-electron chi connectivity index (χ1n) is 8.72. The van der Waals surface area contributed by atoms with Gasteiger partial charge in [0.2, 0.25) is 10.0 Å². The molecule has 2 aromatic rings. The van der Waals surface area contributed by atoms with Crippen molar-refractivity contribution in [2.24, 2.45) is 0 Å². The van der Waals surface area contributed by atoms with Crippen LogP contribution in [0.3, 0.4) is 0 Å². The summed E-state index contributed by atoms with van der Waals surface area (Å²) >= 11 is 11.9. The molecule has 0 radical (unpaired) electrons. The van der Waals surface area contributed by atoms with Crippen LogP contribution in [-0.2, 0) is 27.1 Å². The third-order valence-electron chi connectivity index (χ3n) is 4.38. The number of sulfonamides is 1. The second-order valence-electron chi connectivity index (χ2n) is 6.38. The average Bonchev–Trinajstić information content (AvgIpc) is 2.67. The van der Waals surface area contributed by atoms with E-state index in [-0.39, 0.29) is 18.2 Å². The van der Waals surface area contributed by atoms with Crippen molar-refractivity contribution in [1.29, 1.82) is 0 Å². The van der Waals surface area contributed by atoms with Gasteiger partial charge in [0.25, 0.3) is 5.91 Å². The molecule has 0 atom stereocenters. The zero-order valence-electron chi connectivity index (χ0n) is 15.0. The molecule has 0 spiro atoms. The molecular weight excluding hydrogens is 423 g/mol. The van der Waals surface area contributed by atoms with Crippen LogP contribution in [0.1, 0.15) is 21.5 Å². The molecule has 28 heavy (non-hydrogen) atoms. The van der Waals surface area contributed by atoms with E-state index >= 15 is 0 Å². The van der Waals surface area contributed by atoms with E-state index in [0.29, 0.717) is 47.5 Å². The maximum Gasteiger partial charge on any atom is 0.251 e. The number of benzene rings is 2. The van der Waals surface area contributed by atoms with Crippen LogP contribution in [0.4, 0.5) is 0 Å². The van der Waals surface area contributed by atoms with Crippen LogP contribution in [-0.4, -0.2) is 44.9 Å². The number of rotatable bonds is 6. The van der Waals surface area contributed by atoms with Gasteiger partial charge in [-0.2, -0.15) is 4.31 Å². The molecule has 1 saturated heterocycles. The smallest absolute Gasteiger partial charge is 0.251 e. The van der Waals surface area contributed by atoms with Gasteiger partial charge in [-0.25, -0.2) is 8.42 Å². The highest BCUT2D eigenvalue weighted by Gasteiger charge is 2.25. The van der Waals surface area contributed by atoms with Gasteiger partial charge < -0.3 is 10.1 Å². The van der Waals surface area contributed by atoms with Gasteiger partial charge in [0.1, 0.15) is 0 Å². The van der Waals surface area contributed by atoms with Crippen molar-refractivity contribution >= 4 is 39.1 Å². The van der Waals surface area contributed by atoms with E-state index in [4.69, 9.17) is 27.9 Å². The molecule has 150 valence electrons. The Morgan fingerprint density at radius 2 is 1.64 bits per heavy atom. The predicted octanol–water partition coefficient (Wildman–Crippen LogP) is 3.09. The molecule has 1 fully saturated rings. The van der Waals surface area contributed by atoms with Crippen LogP contribution in [0.25, 0.3) is 0 Å². The Kier molecular flexibility index (Phi) is 6.95. The number of ether oxygens (including phenoxy) is 1. The molecule has 1 N–H and O–H groups in total. The molecule has 6 nitrogen and oxygen atoms in total. The van der Waals surface area contributed by atoms with Crippen molar-refractivity contribution in [1.82, 2.24) is 9.62 Å². The zero-order chi connectivity index (χ0) is 20.1. The predicted molar refractivity (Wildman–Crippen MR) is 109 cm³/mol. The Morgan fingerprint density at radius 3 is 2.29 bits per heavy atom. The molecular formula is C19H20Cl2N2O4S. The quantitative estimate of drug-likeness (QED) is 0.745. The summed E-state index contributed by atoms with van der Waals surface area (Å²) in [4.78, 5) is 12.4. The van der Waals surface area contributed by atoms with Gasteiger partial charge in [0, 0.05) is 35.2 Å². The molecule has 1 aliphatic rings. The van der Waals surface area contributed by atoms with Crippen molar-refractivity contribution in [2.75, 3.05) is 26.3 Å². The summed E-state index contributed by atoms with van der Waals surface area (Å²) in [5, 5.41) is 3.53. The Bertz CT molecular complexity index is 940. The molecule has 1 aliphatic heterocycles. The normalized spacial score (nSPS) is 15.4. The van der Waals surface area contributed by atoms with E-state index < -0.39 is 10.0 Å². The van der Waals surface area contributed by atoms with E-state index in [0.717, 1.165) is 5.56 Å². The van der Waals surface area contributed by atoms with Crippen molar-refractivity contribution in [3.8, 4) is 0 Å². The summed E-state index contributed by atoms with van der Waals surface area (Å²) in [6, 6.07) is 11.8. The Balaban J connectivity index is 1.71. The molecule has 1 amide bonds. The minimum Gasteiger partial charge on any atom is -0.379 e. The van der Waals surface area contributed by atoms with Gasteiger partial charge in [-0.05, 0) is 29.3 Å². The molecule has 0 bridgehead atoms. The third kappa shape index (κ3) is 5.46. The van der Waals surface area contributed by atoms with Gasteiger partial charge in [-0.3, -0.25) is 4.79 Å². The molecule has 0 saturated carbocycles. The lowest BCUT2D eigenvalue weighted by Crippen LogP contribution is -2.41. The van der Waals surface area contributed by atoms with Crippen molar-refractivity contribution in [3.05, 3.63) is 69.2 Å². The first-order valence-corrected chi connectivity index (χ1v) is 11.1. The molecule has 0 aromatic heterocycles. The summed E-state index contributed by atoms with van der Waals surface area (Å²) in [7, 11) is -3.46. The monoisotopic (exact) mass is 442 g/mol. The number of morpholine rings is 1. The molecule has 1 heterocycles. The summed E-state index contributed by atoms with van der Waals surface area (Å²) in [6.07, 6.45) is 0. The Labute approximate surface area is 174 Å². The lowest BCUT2D eigenvalue weighted by atomic mass is 10.1. The SMILES string of the molecule is O=C(NCc1ccccc1CS(=O)(=O)N1CCOCC1)c1cc(Cl)cc(Cl)c1. The van der Waals surface area contributed by atoms with Gasteiger partial charge in [0.15, 0.2) is 0 Å². The number of nitrogens with zero attached hydrogens (tertiary/aromatic N) is 1. The van der Waals surface area contributed by atoms with Gasteiger partial charge in [-0.1, -0.05) is 47.5 Å². The second-order valence-corrected chi connectivity index (χ2v) is 9.22. The Morgan fingerprint density at radius 1 is 1.04 bits per heavy atom. The first kappa shape index (κ1) is 21.1. The number of carbonyl (C=O) groups excluding carboxylic acids is 1. The second kappa shape index (κ2) is 9.24. The van der Waals surface area contributed by atoms with Crippen LogP contribution >= 0.6 is 23.2 Å². The number of amides is 1. The summed E-state index contributed by atoms with van der Waals surface area (Å²) in [5.74, 6) is -0.461. The fourth-order valence-corrected chi connectivity index (χ4v) is 5.03. The van der Waals surface area contributed by atoms with Gasteiger partial charge in [-0.15, -0.1) is 0 Å². The van der Waals surface area contributed by atoms with Crippen LogP contribution in [0.2, 0.25) is 10.0 Å². The average molecular weight is 443 g/mol. The van der Waals surface area contributed by atoms with Crippen molar-refractivity contribution in [3.63, 3.8) is 0 Å². The summed E-state index contributed by atoms with van der Waals surface area (Å²) in [5.41, 5.74) is 1.73. The fraction of sp³-hybridized carbons (Fsp3) is 0.316. The number of hydrogen-bond acceptors (Lipinski definition) is 4. The lowest BCUT2D eigenvalue weighted by molar-refractivity contribution is 0.0729. The number of carbonyl (C=O) groups is 1. The van der Waals surface area contributed by atoms with Crippen molar-refractivity contribution in [2.45, 2.75) is 12.3 Å². The summed E-state index contributed by atoms with van der Waals surface area (Å²) < 4.78 is 32.1. The van der Waals surface area contributed by atoms with E-state index in [1.54, 1.807) is 24.3 Å². The fourth-order valence-electron chi connectivity index (χ4n) is 2.95. The molecule has 3 rings (SSSR count). The zero-order valence-corrected chi connectivity index (χ0v) is 17.4. The van der Waals surface area contributed by atoms with E-state index in [1.807, 2.05) is 6.07 Å². The maximum atomic E-state index is 12.7. The number of nitrogens with one attached hydrogen (secondary N) is 1. The van der Waals surface area contributed by atoms with Gasteiger partial charge >= 0.3 is 0 Å². The lowest BCUT2D eigenvalue weighted by Gasteiger charge is -2.26. The van der Waals surface area contributed by atoms with Crippen LogP contribution < -0.4 is 5.32 Å². The molecule has 2 aromatic carbocycles. The number of hydrogen-bond donors (Lipinski definition) is 1. The van der Waals surface area contributed by atoms with E-state index in [9.17, 15) is 13.2 Å². The largest absolute Gasteiger partial charge is 0.379 e. The van der Waals surface area contributed by atoms with Crippen LogP contribution in [0, 0.1) is 0 Å². The minimum absolute atomic E-state index is 0.123. The number of halogens is 2. The minimum atomic E-state index is -3.46. The van der Waals surface area contributed by atoms with E-state index in [1.165, 1.54) is 16.4 Å². The van der Waals surface area contributed by atoms with Crippen LogP contribution in [0.15, 0.2) is 42.5 Å². The van der Waals surface area contributed by atoms with Crippen LogP contribution in [0.5, 0.6) is 0 Å². The molecule has 9 heteroatoms. The third-order valence-corrected chi connectivity index (χ3v) is 6.65. The maximum absolute atomic E-state index is 12.7. The molecule has 0 unspecified atom stereocenters. The standard InChI is InChI=1S/C19H20Cl2N2O4S/c20-17-9-16(10-18(21)11-17)19(24)22-12-14-3-1-2-4-15(14)13-28(25,26)23-5-7-27-8-6-23/h1-4,9-11H,5-8,12-13H2,(H,22,24).